The van der Waals surface area contributed by atoms with Gasteiger partial charge in [0.05, 0.1) is 0 Å². The van der Waals surface area contributed by atoms with E-state index in [1.165, 1.54) is 44.5 Å². The van der Waals surface area contributed by atoms with Crippen LogP contribution in [-0.4, -0.2) is 23.4 Å². The molecule has 120 valence electrons. The van der Waals surface area contributed by atoms with Crippen LogP contribution in [0.1, 0.15) is 0 Å². The molecule has 1 fully saturated rings. The van der Waals surface area contributed by atoms with Crippen molar-refractivity contribution in [2.45, 2.75) is 0 Å². The van der Waals surface area contributed by atoms with Crippen LogP contribution in [0.5, 0.6) is 0 Å². The molecule has 0 unspecified atom stereocenters. The third-order valence-corrected chi connectivity index (χ3v) is 5.99. The minimum Gasteiger partial charge on any atom is -0.368 e. The lowest BCUT2D eigenvalue weighted by Gasteiger charge is -2.03. The van der Waals surface area contributed by atoms with Crippen LogP contribution in [0.25, 0.3) is 42.3 Å². The first-order valence-corrected chi connectivity index (χ1v) is 9.11. The maximum Gasteiger partial charge on any atom is 0.135 e. The van der Waals surface area contributed by atoms with Gasteiger partial charge in [0.1, 0.15) is 11.0 Å². The van der Waals surface area contributed by atoms with Crippen molar-refractivity contribution in [2.24, 2.45) is 0 Å². The predicted molar refractivity (Wildman–Crippen MR) is 102 cm³/mol. The fraction of sp³-hybridized carbons (Fsp3) is 0.100. The minimum absolute atomic E-state index is 0.786. The van der Waals surface area contributed by atoms with Gasteiger partial charge in [0, 0.05) is 38.9 Å². The van der Waals surface area contributed by atoms with Crippen LogP contribution < -0.4 is 4.90 Å². The van der Waals surface area contributed by atoms with Crippen molar-refractivity contribution in [3.63, 3.8) is 0 Å². The molecule has 0 N–H and O–H groups in total. The molecular formula is C20H13N3OS. The summed E-state index contributed by atoms with van der Waals surface area (Å²) >= 11 is 1.85. The Kier molecular flexibility index (Phi) is 2.57. The van der Waals surface area contributed by atoms with E-state index in [2.05, 4.69) is 57.7 Å². The number of fused-ring (bicyclic) bond motifs is 4. The Bertz CT molecular complexity index is 1270. The number of nitrogens with zero attached hydrogens (tertiary/aromatic N) is 3. The van der Waals surface area contributed by atoms with Crippen LogP contribution in [0.2, 0.25) is 0 Å². The Hall–Kier alpha value is -2.92. The highest BCUT2D eigenvalue weighted by Crippen LogP contribution is 2.39. The summed E-state index contributed by atoms with van der Waals surface area (Å²) in [6, 6.07) is 19.6. The molecule has 3 aromatic carbocycles. The topological polar surface area (TPSA) is 41.9 Å². The first-order valence-electron chi connectivity index (χ1n) is 8.29. The summed E-state index contributed by atoms with van der Waals surface area (Å²) < 4.78 is 7.45. The zero-order valence-corrected chi connectivity index (χ0v) is 14.1. The third-order valence-electron chi connectivity index (χ3n) is 4.85. The number of anilines is 1. The second-order valence-electron chi connectivity index (χ2n) is 6.45. The molecule has 0 bridgehead atoms. The minimum atomic E-state index is 0.786. The molecule has 5 aromatic rings. The number of thiophene rings is 1. The SMILES string of the molecule is c1cc2nonc2cc1-c1ccc2c(c1)sc1ccc(N3CC3)cc12. The molecule has 0 radical (unpaired) electrons. The number of aromatic nitrogens is 2. The Labute approximate surface area is 147 Å². The maximum atomic E-state index is 4.80. The molecule has 4 nitrogen and oxygen atoms in total. The van der Waals surface area contributed by atoms with Crippen LogP contribution in [0.4, 0.5) is 5.69 Å². The van der Waals surface area contributed by atoms with Gasteiger partial charge in [0.25, 0.3) is 0 Å². The largest absolute Gasteiger partial charge is 0.368 e. The maximum absolute atomic E-state index is 4.80. The zero-order chi connectivity index (χ0) is 16.4. The molecule has 0 aliphatic carbocycles. The van der Waals surface area contributed by atoms with Crippen LogP contribution >= 0.6 is 11.3 Å². The predicted octanol–water partition coefficient (Wildman–Crippen LogP) is 5.08. The van der Waals surface area contributed by atoms with Crippen LogP contribution in [0.15, 0.2) is 59.2 Å². The van der Waals surface area contributed by atoms with E-state index in [0.29, 0.717) is 0 Å². The Morgan fingerprint density at radius 3 is 2.52 bits per heavy atom. The second kappa shape index (κ2) is 4.80. The summed E-state index contributed by atoms with van der Waals surface area (Å²) in [5, 5.41) is 10.5. The van der Waals surface area contributed by atoms with Crippen LogP contribution in [0, 0.1) is 0 Å². The second-order valence-corrected chi connectivity index (χ2v) is 7.53. The monoisotopic (exact) mass is 343 g/mol. The van der Waals surface area contributed by atoms with E-state index in [1.807, 2.05) is 23.5 Å². The molecule has 5 heteroatoms. The highest BCUT2D eigenvalue weighted by atomic mass is 32.1. The standard InChI is InChI=1S/C20H13N3OS/c1-4-15-16-11-14(23-7-8-23)3-6-19(16)25-20(15)10-13(1)12-2-5-17-18(9-12)22-24-21-17/h1-6,9-11H,7-8H2. The lowest BCUT2D eigenvalue weighted by Crippen LogP contribution is -1.88. The average molecular weight is 343 g/mol. The summed E-state index contributed by atoms with van der Waals surface area (Å²) in [4.78, 5) is 2.39. The smallest absolute Gasteiger partial charge is 0.135 e. The van der Waals surface area contributed by atoms with Gasteiger partial charge in [-0.2, -0.15) is 0 Å². The summed E-state index contributed by atoms with van der Waals surface area (Å²) in [7, 11) is 0. The molecule has 3 heterocycles. The van der Waals surface area contributed by atoms with E-state index in [9.17, 15) is 0 Å². The molecular weight excluding hydrogens is 330 g/mol. The van der Waals surface area contributed by atoms with Crippen molar-refractivity contribution in [1.82, 2.24) is 10.3 Å². The Morgan fingerprint density at radius 2 is 1.60 bits per heavy atom. The van der Waals surface area contributed by atoms with Crippen LogP contribution in [0.3, 0.4) is 0 Å². The molecule has 25 heavy (non-hydrogen) atoms. The molecule has 1 aliphatic rings. The van der Waals surface area contributed by atoms with Crippen molar-refractivity contribution in [3.05, 3.63) is 54.6 Å². The summed E-state index contributed by atoms with van der Waals surface area (Å²) in [6.07, 6.45) is 0. The molecule has 0 saturated carbocycles. The Balaban J connectivity index is 1.53. The first kappa shape index (κ1) is 13.4. The van der Waals surface area contributed by atoms with Gasteiger partial charge in [-0.05, 0) is 57.8 Å². The van der Waals surface area contributed by atoms with Gasteiger partial charge in [0.2, 0.25) is 0 Å². The van der Waals surface area contributed by atoms with E-state index in [0.717, 1.165) is 16.6 Å². The van der Waals surface area contributed by atoms with E-state index in [4.69, 9.17) is 4.63 Å². The molecule has 0 spiro atoms. The number of benzene rings is 3. The van der Waals surface area contributed by atoms with Crippen molar-refractivity contribution in [1.29, 1.82) is 0 Å². The summed E-state index contributed by atoms with van der Waals surface area (Å²) in [5.41, 5.74) is 5.23. The van der Waals surface area contributed by atoms with Crippen molar-refractivity contribution in [2.75, 3.05) is 18.0 Å². The lowest BCUT2D eigenvalue weighted by molar-refractivity contribution is 0.315. The fourth-order valence-electron chi connectivity index (χ4n) is 3.41. The Morgan fingerprint density at radius 1 is 0.760 bits per heavy atom. The number of hydrogen-bond donors (Lipinski definition) is 0. The molecule has 1 saturated heterocycles. The zero-order valence-electron chi connectivity index (χ0n) is 13.3. The van der Waals surface area contributed by atoms with Crippen LogP contribution in [-0.2, 0) is 0 Å². The van der Waals surface area contributed by atoms with E-state index in [1.54, 1.807) is 0 Å². The number of rotatable bonds is 2. The first-order chi connectivity index (χ1) is 12.3. The lowest BCUT2D eigenvalue weighted by atomic mass is 10.0. The van der Waals surface area contributed by atoms with Gasteiger partial charge in [-0.3, -0.25) is 0 Å². The molecule has 0 amide bonds. The van der Waals surface area contributed by atoms with Crippen molar-refractivity contribution >= 4 is 48.2 Å². The molecule has 2 aromatic heterocycles. The van der Waals surface area contributed by atoms with E-state index in [-0.39, 0.29) is 0 Å². The number of hydrogen-bond acceptors (Lipinski definition) is 5. The van der Waals surface area contributed by atoms with Crippen molar-refractivity contribution < 1.29 is 4.63 Å². The molecule has 6 rings (SSSR count). The van der Waals surface area contributed by atoms with E-state index >= 15 is 0 Å². The summed E-state index contributed by atoms with van der Waals surface area (Å²) in [5.74, 6) is 0. The van der Waals surface area contributed by atoms with Gasteiger partial charge in [-0.15, -0.1) is 11.3 Å². The normalized spacial score (nSPS) is 14.0. The van der Waals surface area contributed by atoms with Gasteiger partial charge in [-0.1, -0.05) is 18.2 Å². The highest BCUT2D eigenvalue weighted by molar-refractivity contribution is 7.25. The van der Waals surface area contributed by atoms with Gasteiger partial charge >= 0.3 is 0 Å². The molecule has 0 atom stereocenters. The van der Waals surface area contributed by atoms with E-state index < -0.39 is 0 Å². The molecule has 1 aliphatic heterocycles. The van der Waals surface area contributed by atoms with Crippen molar-refractivity contribution in [3.8, 4) is 11.1 Å². The van der Waals surface area contributed by atoms with Gasteiger partial charge < -0.3 is 4.90 Å². The average Bonchev–Trinajstić information content (AvgIpc) is 3.28. The fourth-order valence-corrected chi connectivity index (χ4v) is 4.54. The summed E-state index contributed by atoms with van der Waals surface area (Å²) in [6.45, 7) is 2.36. The quantitative estimate of drug-likeness (QED) is 0.419. The highest BCUT2D eigenvalue weighted by Gasteiger charge is 2.18. The van der Waals surface area contributed by atoms with Gasteiger partial charge in [-0.25, -0.2) is 4.63 Å². The third kappa shape index (κ3) is 2.06. The van der Waals surface area contributed by atoms with Gasteiger partial charge in [0.15, 0.2) is 0 Å².